The maximum Gasteiger partial charge on any atom is 0.132 e. The van der Waals surface area contributed by atoms with Gasteiger partial charge in [0.2, 0.25) is 0 Å². The molecule has 2 nitrogen and oxygen atoms in total. The van der Waals surface area contributed by atoms with Gasteiger partial charge in [-0.2, -0.15) is 0 Å². The normalized spacial score (nSPS) is 16.1. The number of hydrogen-bond acceptors (Lipinski definition) is 2. The first-order chi connectivity index (χ1) is 28.5. The van der Waals surface area contributed by atoms with E-state index in [2.05, 4.69) is 219 Å². The third-order valence-corrected chi connectivity index (χ3v) is 13.1. The SMILES string of the molecule is CC1(C)c2ccccc2-c2ccc(N(c3ccc4c(c3)-c3ccccc3C43c4ccccc4Oc4ccc5ccccc5c43)c3ccccc3-c3ccccc3)cc21. The van der Waals surface area contributed by atoms with Gasteiger partial charge in [0, 0.05) is 33.5 Å². The lowest BCUT2D eigenvalue weighted by Gasteiger charge is -2.40. The zero-order valence-electron chi connectivity index (χ0n) is 32.4. The zero-order valence-corrected chi connectivity index (χ0v) is 32.4. The lowest BCUT2D eigenvalue weighted by molar-refractivity contribution is 0.438. The molecular weight excluding hydrogens is 703 g/mol. The molecule has 3 aliphatic rings. The summed E-state index contributed by atoms with van der Waals surface area (Å²) in [7, 11) is 0. The number of fused-ring (bicyclic) bond motifs is 14. The molecule has 1 atom stereocenters. The third-order valence-electron chi connectivity index (χ3n) is 13.1. The van der Waals surface area contributed by atoms with Crippen molar-refractivity contribution in [3.05, 3.63) is 234 Å². The van der Waals surface area contributed by atoms with Crippen molar-refractivity contribution in [3.63, 3.8) is 0 Å². The van der Waals surface area contributed by atoms with Gasteiger partial charge in [-0.3, -0.25) is 0 Å². The summed E-state index contributed by atoms with van der Waals surface area (Å²) in [5.74, 6) is 1.81. The van der Waals surface area contributed by atoms with Gasteiger partial charge in [-0.05, 0) is 103 Å². The van der Waals surface area contributed by atoms with Crippen LogP contribution in [0.15, 0.2) is 200 Å². The predicted octanol–water partition coefficient (Wildman–Crippen LogP) is 14.8. The quantitative estimate of drug-likeness (QED) is 0.178. The Bertz CT molecular complexity index is 3140. The molecule has 0 saturated carbocycles. The first kappa shape index (κ1) is 33.0. The van der Waals surface area contributed by atoms with Crippen LogP contribution in [0.4, 0.5) is 17.1 Å². The molecular formula is C56H39NO. The summed E-state index contributed by atoms with van der Waals surface area (Å²) in [6.45, 7) is 4.73. The van der Waals surface area contributed by atoms with Gasteiger partial charge in [0.25, 0.3) is 0 Å². The first-order valence-electron chi connectivity index (χ1n) is 20.3. The molecule has 0 N–H and O–H groups in total. The molecule has 0 aromatic heterocycles. The Balaban J connectivity index is 1.14. The van der Waals surface area contributed by atoms with Crippen molar-refractivity contribution in [1.82, 2.24) is 0 Å². The van der Waals surface area contributed by atoms with Gasteiger partial charge >= 0.3 is 0 Å². The molecule has 2 heteroatoms. The van der Waals surface area contributed by atoms with Crippen LogP contribution in [0.3, 0.4) is 0 Å². The summed E-state index contributed by atoms with van der Waals surface area (Å²) in [5.41, 5.74) is 17.8. The van der Waals surface area contributed by atoms with E-state index >= 15 is 0 Å². The molecule has 0 bridgehead atoms. The summed E-state index contributed by atoms with van der Waals surface area (Å²) < 4.78 is 6.80. The number of benzene rings is 9. The highest BCUT2D eigenvalue weighted by atomic mass is 16.5. The van der Waals surface area contributed by atoms with E-state index in [1.807, 2.05) is 0 Å². The Morgan fingerprint density at radius 2 is 1.00 bits per heavy atom. The molecule has 0 amide bonds. The second kappa shape index (κ2) is 12.2. The molecule has 58 heavy (non-hydrogen) atoms. The largest absolute Gasteiger partial charge is 0.457 e. The second-order valence-electron chi connectivity index (χ2n) is 16.4. The molecule has 12 rings (SSSR count). The second-order valence-corrected chi connectivity index (χ2v) is 16.4. The van der Waals surface area contributed by atoms with Gasteiger partial charge in [-0.1, -0.05) is 172 Å². The number of ether oxygens (including phenoxy) is 1. The molecule has 1 spiro atoms. The van der Waals surface area contributed by atoms with Crippen molar-refractivity contribution in [3.8, 4) is 44.9 Å². The van der Waals surface area contributed by atoms with Crippen molar-refractivity contribution < 1.29 is 4.74 Å². The molecule has 9 aromatic rings. The smallest absolute Gasteiger partial charge is 0.132 e. The highest BCUT2D eigenvalue weighted by Crippen LogP contribution is 2.64. The van der Waals surface area contributed by atoms with Crippen LogP contribution in [0, 0.1) is 0 Å². The van der Waals surface area contributed by atoms with E-state index in [9.17, 15) is 0 Å². The minimum absolute atomic E-state index is 0.136. The fraction of sp³-hybridized carbons (Fsp3) is 0.0714. The highest BCUT2D eigenvalue weighted by Gasteiger charge is 2.52. The first-order valence-corrected chi connectivity index (χ1v) is 20.3. The Labute approximate surface area is 339 Å². The van der Waals surface area contributed by atoms with E-state index in [-0.39, 0.29) is 5.41 Å². The Morgan fingerprint density at radius 3 is 1.84 bits per heavy atom. The standard InChI is InChI=1S/C56H39NO/c1-55(2)46-23-11-8-21-42(46)44-31-29-39(35-50(44)55)57(51-26-14-10-19-40(51)36-16-4-3-5-17-36)38-30-32-48-45(34-38)43-22-9-12-24-47(43)56(48)49-25-13-15-27-52(49)58-53-33-28-37-18-6-7-20-41(37)54(53)56/h3-35H,1-2H3. The number of hydrogen-bond donors (Lipinski definition) is 0. The van der Waals surface area contributed by atoms with Crippen LogP contribution >= 0.6 is 0 Å². The van der Waals surface area contributed by atoms with Gasteiger partial charge < -0.3 is 9.64 Å². The fourth-order valence-electron chi connectivity index (χ4n) is 10.6. The van der Waals surface area contributed by atoms with E-state index < -0.39 is 5.41 Å². The maximum absolute atomic E-state index is 6.80. The predicted molar refractivity (Wildman–Crippen MR) is 239 cm³/mol. The van der Waals surface area contributed by atoms with Crippen molar-refractivity contribution in [1.29, 1.82) is 0 Å². The number of anilines is 3. The summed E-state index contributed by atoms with van der Waals surface area (Å²) in [6.07, 6.45) is 0. The molecule has 2 aliphatic carbocycles. The van der Waals surface area contributed by atoms with E-state index in [0.717, 1.165) is 28.6 Å². The van der Waals surface area contributed by atoms with Crippen molar-refractivity contribution in [2.24, 2.45) is 0 Å². The lowest BCUT2D eigenvalue weighted by Crippen LogP contribution is -2.32. The highest BCUT2D eigenvalue weighted by molar-refractivity contribution is 5.99. The van der Waals surface area contributed by atoms with Crippen LogP contribution in [0.1, 0.15) is 47.2 Å². The molecule has 0 radical (unpaired) electrons. The van der Waals surface area contributed by atoms with Crippen molar-refractivity contribution in [2.75, 3.05) is 4.90 Å². The van der Waals surface area contributed by atoms with Gasteiger partial charge in [0.15, 0.2) is 0 Å². The summed E-state index contributed by atoms with van der Waals surface area (Å²) in [5, 5.41) is 2.41. The molecule has 274 valence electrons. The average Bonchev–Trinajstić information content (AvgIpc) is 3.69. The van der Waals surface area contributed by atoms with E-state index in [4.69, 9.17) is 4.74 Å². The van der Waals surface area contributed by atoms with Crippen LogP contribution in [0.25, 0.3) is 44.2 Å². The molecule has 1 aliphatic heterocycles. The number of nitrogens with zero attached hydrogens (tertiary/aromatic N) is 1. The van der Waals surface area contributed by atoms with Crippen LogP contribution in [-0.4, -0.2) is 0 Å². The van der Waals surface area contributed by atoms with Crippen LogP contribution < -0.4 is 9.64 Å². The lowest BCUT2D eigenvalue weighted by atomic mass is 9.65. The minimum atomic E-state index is -0.578. The van der Waals surface area contributed by atoms with Crippen LogP contribution in [0.2, 0.25) is 0 Å². The summed E-state index contributed by atoms with van der Waals surface area (Å²) >= 11 is 0. The maximum atomic E-state index is 6.80. The van der Waals surface area contributed by atoms with Gasteiger partial charge in [-0.25, -0.2) is 0 Å². The summed E-state index contributed by atoms with van der Waals surface area (Å²) in [4.78, 5) is 2.48. The number of rotatable bonds is 4. The van der Waals surface area contributed by atoms with E-state index in [0.29, 0.717) is 0 Å². The molecule has 0 fully saturated rings. The van der Waals surface area contributed by atoms with Crippen LogP contribution in [0.5, 0.6) is 11.5 Å². The zero-order chi connectivity index (χ0) is 38.6. The van der Waals surface area contributed by atoms with E-state index in [1.54, 1.807) is 0 Å². The van der Waals surface area contributed by atoms with Crippen LogP contribution in [-0.2, 0) is 10.8 Å². The third kappa shape index (κ3) is 4.43. The number of para-hydroxylation sites is 2. The fourth-order valence-corrected chi connectivity index (χ4v) is 10.6. The topological polar surface area (TPSA) is 12.5 Å². The Morgan fingerprint density at radius 1 is 0.397 bits per heavy atom. The Kier molecular flexibility index (Phi) is 6.93. The van der Waals surface area contributed by atoms with Gasteiger partial charge in [0.1, 0.15) is 11.5 Å². The van der Waals surface area contributed by atoms with Crippen molar-refractivity contribution in [2.45, 2.75) is 24.7 Å². The molecule has 1 unspecified atom stereocenters. The average molecular weight is 742 g/mol. The van der Waals surface area contributed by atoms with Gasteiger partial charge in [-0.15, -0.1) is 0 Å². The molecule has 9 aromatic carbocycles. The molecule has 1 heterocycles. The monoisotopic (exact) mass is 741 g/mol. The minimum Gasteiger partial charge on any atom is -0.457 e. The Hall–Kier alpha value is -7.16. The van der Waals surface area contributed by atoms with Gasteiger partial charge in [0.05, 0.1) is 11.1 Å². The molecule has 0 saturated heterocycles. The summed E-state index contributed by atoms with van der Waals surface area (Å²) in [6, 6.07) is 73.6. The van der Waals surface area contributed by atoms with Crippen molar-refractivity contribution >= 4 is 27.8 Å². The van der Waals surface area contributed by atoms with E-state index in [1.165, 1.54) is 77.5 Å².